The van der Waals surface area contributed by atoms with Crippen LogP contribution >= 0.6 is 0 Å². The van der Waals surface area contributed by atoms with E-state index in [2.05, 4.69) is 35.8 Å². The molecule has 0 unspecified atom stereocenters. The van der Waals surface area contributed by atoms with Gasteiger partial charge in [-0.2, -0.15) is 0 Å². The predicted molar refractivity (Wildman–Crippen MR) is 108 cm³/mol. The molecule has 0 N–H and O–H groups in total. The van der Waals surface area contributed by atoms with E-state index in [1.54, 1.807) is 0 Å². The fourth-order valence-corrected chi connectivity index (χ4v) is 4.37. The number of ether oxygens (including phenoxy) is 2. The van der Waals surface area contributed by atoms with Gasteiger partial charge >= 0.3 is 0 Å². The first kappa shape index (κ1) is 20.3. The zero-order chi connectivity index (χ0) is 20.4. The molecule has 2 aliphatic rings. The van der Waals surface area contributed by atoms with E-state index in [0.29, 0.717) is 31.8 Å². The smallest absolute Gasteiger partial charge is 0.126 e. The van der Waals surface area contributed by atoms with Crippen LogP contribution in [0, 0.1) is 11.6 Å². The van der Waals surface area contributed by atoms with Crippen molar-refractivity contribution < 1.29 is 18.3 Å². The zero-order valence-corrected chi connectivity index (χ0v) is 17.0. The van der Waals surface area contributed by atoms with Crippen molar-refractivity contribution in [3.63, 3.8) is 0 Å². The average molecular weight is 402 g/mol. The topological polar surface area (TPSA) is 24.9 Å². The summed E-state index contributed by atoms with van der Waals surface area (Å²) in [5, 5.41) is 0. The zero-order valence-electron chi connectivity index (χ0n) is 17.0. The molecular weight excluding hydrogens is 374 g/mol. The maximum Gasteiger partial charge on any atom is 0.126 e. The number of benzene rings is 2. The van der Waals surface area contributed by atoms with Crippen molar-refractivity contribution in [2.45, 2.75) is 45.7 Å². The minimum atomic E-state index is -0.539. The van der Waals surface area contributed by atoms with Crippen LogP contribution < -0.4 is 4.74 Å². The van der Waals surface area contributed by atoms with Gasteiger partial charge in [-0.05, 0) is 49.2 Å². The van der Waals surface area contributed by atoms with Crippen molar-refractivity contribution in [3.05, 3.63) is 64.7 Å². The molecule has 2 aromatic carbocycles. The van der Waals surface area contributed by atoms with Crippen LogP contribution in [-0.2, 0) is 24.4 Å². The number of halogens is 2. The highest BCUT2D eigenvalue weighted by atomic mass is 19.1. The highest BCUT2D eigenvalue weighted by Gasteiger charge is 2.23. The third kappa shape index (κ3) is 5.32. The van der Waals surface area contributed by atoms with Crippen molar-refractivity contribution in [3.8, 4) is 5.75 Å². The lowest BCUT2D eigenvalue weighted by Crippen LogP contribution is -2.44. The molecule has 2 heterocycles. The molecule has 6 heteroatoms. The fourth-order valence-electron chi connectivity index (χ4n) is 4.37. The Labute approximate surface area is 171 Å². The summed E-state index contributed by atoms with van der Waals surface area (Å²) in [5.41, 5.74) is 3.00. The van der Waals surface area contributed by atoms with E-state index in [-0.39, 0.29) is 12.2 Å². The van der Waals surface area contributed by atoms with Crippen LogP contribution in [0.3, 0.4) is 0 Å². The Kier molecular flexibility index (Phi) is 6.13. The number of rotatable bonds is 4. The summed E-state index contributed by atoms with van der Waals surface area (Å²) < 4.78 is 38.8. The second-order valence-corrected chi connectivity index (χ2v) is 8.23. The number of nitrogens with zero attached hydrogens (tertiary/aromatic N) is 2. The Bertz CT molecular complexity index is 831. The van der Waals surface area contributed by atoms with Gasteiger partial charge in [0.1, 0.15) is 24.0 Å². The van der Waals surface area contributed by atoms with Crippen molar-refractivity contribution in [2.75, 3.05) is 26.2 Å². The first-order chi connectivity index (χ1) is 13.9. The maximum atomic E-state index is 13.5. The third-order valence-electron chi connectivity index (χ3n) is 5.41. The summed E-state index contributed by atoms with van der Waals surface area (Å²) >= 11 is 0. The van der Waals surface area contributed by atoms with Crippen LogP contribution in [0.25, 0.3) is 0 Å². The van der Waals surface area contributed by atoms with E-state index in [9.17, 15) is 8.78 Å². The highest BCUT2D eigenvalue weighted by molar-refractivity contribution is 5.38. The van der Waals surface area contributed by atoms with Crippen LogP contribution in [0.1, 0.15) is 30.5 Å². The molecule has 1 saturated heterocycles. The Morgan fingerprint density at radius 1 is 0.897 bits per heavy atom. The third-order valence-corrected chi connectivity index (χ3v) is 5.41. The molecule has 0 spiro atoms. The van der Waals surface area contributed by atoms with Crippen LogP contribution in [0.2, 0.25) is 0 Å². The second-order valence-electron chi connectivity index (χ2n) is 8.23. The lowest BCUT2D eigenvalue weighted by atomic mass is 10.1. The first-order valence-electron chi connectivity index (χ1n) is 10.2. The monoisotopic (exact) mass is 402 g/mol. The molecule has 1 fully saturated rings. The van der Waals surface area contributed by atoms with Gasteiger partial charge in [-0.3, -0.25) is 9.80 Å². The van der Waals surface area contributed by atoms with E-state index in [1.165, 1.54) is 17.7 Å². The molecule has 2 atom stereocenters. The van der Waals surface area contributed by atoms with Crippen LogP contribution in [0.15, 0.2) is 36.4 Å². The molecule has 0 aromatic heterocycles. The van der Waals surface area contributed by atoms with E-state index in [1.807, 2.05) is 6.07 Å². The molecule has 0 bridgehead atoms. The van der Waals surface area contributed by atoms with Crippen LogP contribution in [0.5, 0.6) is 5.75 Å². The van der Waals surface area contributed by atoms with Gasteiger partial charge in [0.25, 0.3) is 0 Å². The standard InChI is InChI=1S/C23H28F2N2O2/c1-16-11-27(12-17(2)29-16)13-18-3-4-23-20(7-18)15-26(5-6-28-23)14-19-8-21(24)10-22(25)9-19/h3-4,7-10,16-17H,5-6,11-15H2,1-2H3/t16-,17+. The van der Waals surface area contributed by atoms with Crippen molar-refractivity contribution in [1.82, 2.24) is 9.80 Å². The molecule has 0 aliphatic carbocycles. The van der Waals surface area contributed by atoms with Crippen LogP contribution in [-0.4, -0.2) is 48.2 Å². The largest absolute Gasteiger partial charge is 0.492 e. The van der Waals surface area contributed by atoms with E-state index in [0.717, 1.165) is 37.0 Å². The summed E-state index contributed by atoms with van der Waals surface area (Å²) in [4.78, 5) is 4.59. The van der Waals surface area contributed by atoms with E-state index >= 15 is 0 Å². The van der Waals surface area contributed by atoms with Gasteiger partial charge in [-0.25, -0.2) is 8.78 Å². The summed E-state index contributed by atoms with van der Waals surface area (Å²) in [5.74, 6) is -0.184. The molecular formula is C23H28F2N2O2. The van der Waals surface area contributed by atoms with Gasteiger partial charge in [0.15, 0.2) is 0 Å². The maximum absolute atomic E-state index is 13.5. The Balaban J connectivity index is 1.47. The lowest BCUT2D eigenvalue weighted by molar-refractivity contribution is -0.0704. The quantitative estimate of drug-likeness (QED) is 0.773. The second kappa shape index (κ2) is 8.78. The van der Waals surface area contributed by atoms with Gasteiger partial charge < -0.3 is 9.47 Å². The van der Waals surface area contributed by atoms with E-state index in [4.69, 9.17) is 9.47 Å². The Morgan fingerprint density at radius 2 is 1.59 bits per heavy atom. The normalized spacial score (nSPS) is 23.3. The summed E-state index contributed by atoms with van der Waals surface area (Å²) in [6.45, 7) is 9.40. The molecule has 2 aliphatic heterocycles. The number of morpholine rings is 1. The lowest BCUT2D eigenvalue weighted by Gasteiger charge is -2.35. The molecule has 0 radical (unpaired) electrons. The summed E-state index contributed by atoms with van der Waals surface area (Å²) in [6, 6.07) is 10.1. The minimum Gasteiger partial charge on any atom is -0.492 e. The molecule has 0 saturated carbocycles. The fraction of sp³-hybridized carbons (Fsp3) is 0.478. The average Bonchev–Trinajstić information content (AvgIpc) is 2.81. The molecule has 4 rings (SSSR count). The van der Waals surface area contributed by atoms with Crippen molar-refractivity contribution in [2.24, 2.45) is 0 Å². The first-order valence-corrected chi connectivity index (χ1v) is 10.2. The number of fused-ring (bicyclic) bond motifs is 1. The molecule has 4 nitrogen and oxygen atoms in total. The highest BCUT2D eigenvalue weighted by Crippen LogP contribution is 2.26. The molecule has 156 valence electrons. The Hall–Kier alpha value is -2.02. The molecule has 2 aromatic rings. The summed E-state index contributed by atoms with van der Waals surface area (Å²) in [7, 11) is 0. The van der Waals surface area contributed by atoms with E-state index < -0.39 is 11.6 Å². The number of hydrogen-bond donors (Lipinski definition) is 0. The van der Waals surface area contributed by atoms with Gasteiger partial charge in [-0.15, -0.1) is 0 Å². The molecule has 0 amide bonds. The molecule has 29 heavy (non-hydrogen) atoms. The predicted octanol–water partition coefficient (Wildman–Crippen LogP) is 3.97. The van der Waals surface area contributed by atoms with Crippen LogP contribution in [0.4, 0.5) is 8.78 Å². The minimum absolute atomic E-state index is 0.241. The number of hydrogen-bond acceptors (Lipinski definition) is 4. The summed E-state index contributed by atoms with van der Waals surface area (Å²) in [6.07, 6.45) is 0.482. The van der Waals surface area contributed by atoms with Gasteiger partial charge in [0, 0.05) is 50.9 Å². The van der Waals surface area contributed by atoms with Gasteiger partial charge in [0.05, 0.1) is 12.2 Å². The SMILES string of the molecule is C[C@@H]1CN(Cc2ccc3c(c2)CN(Cc2cc(F)cc(F)c2)CCO3)C[C@H](C)O1. The Morgan fingerprint density at radius 3 is 2.31 bits per heavy atom. The van der Waals surface area contributed by atoms with Crippen molar-refractivity contribution in [1.29, 1.82) is 0 Å². The van der Waals surface area contributed by atoms with Crippen molar-refractivity contribution >= 4 is 0 Å². The van der Waals surface area contributed by atoms with Gasteiger partial charge in [-0.1, -0.05) is 6.07 Å². The van der Waals surface area contributed by atoms with Gasteiger partial charge in [0.2, 0.25) is 0 Å².